The number of anilines is 1. The van der Waals surface area contributed by atoms with E-state index < -0.39 is 5.97 Å². The summed E-state index contributed by atoms with van der Waals surface area (Å²) < 4.78 is 5.01. The Bertz CT molecular complexity index is 1050. The van der Waals surface area contributed by atoms with Crippen molar-refractivity contribution in [3.8, 4) is 0 Å². The Morgan fingerprint density at radius 2 is 1.63 bits per heavy atom. The van der Waals surface area contributed by atoms with E-state index in [1.807, 2.05) is 0 Å². The van der Waals surface area contributed by atoms with Gasteiger partial charge in [-0.15, -0.1) is 0 Å². The first-order valence-electron chi connectivity index (χ1n) is 9.04. The number of hydrogen-bond acceptors (Lipinski definition) is 4. The average molecular weight is 464 g/mol. The van der Waals surface area contributed by atoms with E-state index in [0.29, 0.717) is 26.9 Å². The summed E-state index contributed by atoms with van der Waals surface area (Å²) in [6.45, 7) is 2.11. The van der Waals surface area contributed by atoms with Gasteiger partial charge in [0.1, 0.15) is 5.15 Å². The van der Waals surface area contributed by atoms with E-state index in [9.17, 15) is 9.59 Å². The summed E-state index contributed by atoms with van der Waals surface area (Å²) in [5.74, 6) is -0.820. The minimum Gasteiger partial charge on any atom is -0.462 e. The number of ether oxygens (including phenoxy) is 1. The van der Waals surface area contributed by atoms with Crippen molar-refractivity contribution in [3.05, 3.63) is 92.7 Å². The largest absolute Gasteiger partial charge is 0.462 e. The Morgan fingerprint density at radius 1 is 0.967 bits per heavy atom. The van der Waals surface area contributed by atoms with Crippen molar-refractivity contribution in [1.29, 1.82) is 0 Å². The monoisotopic (exact) mass is 462 g/mol. The summed E-state index contributed by atoms with van der Waals surface area (Å²) in [6.07, 6.45) is 1.50. The Labute approximate surface area is 189 Å². The minimum atomic E-state index is -0.439. The molecule has 1 amide bonds. The van der Waals surface area contributed by atoms with Crippen LogP contribution in [0.3, 0.4) is 0 Å². The van der Waals surface area contributed by atoms with Crippen LogP contribution in [0.5, 0.6) is 0 Å². The van der Waals surface area contributed by atoms with Gasteiger partial charge in [0.25, 0.3) is 5.91 Å². The van der Waals surface area contributed by atoms with Gasteiger partial charge in [-0.25, -0.2) is 9.78 Å². The second-order valence-electron chi connectivity index (χ2n) is 6.20. The highest BCUT2D eigenvalue weighted by molar-refractivity contribution is 6.36. The molecule has 8 heteroatoms. The van der Waals surface area contributed by atoms with Gasteiger partial charge < -0.3 is 9.64 Å². The van der Waals surface area contributed by atoms with Gasteiger partial charge in [-0.2, -0.15) is 0 Å². The Kier molecular flexibility index (Phi) is 7.32. The Balaban J connectivity index is 2.02. The van der Waals surface area contributed by atoms with Crippen LogP contribution in [0.25, 0.3) is 0 Å². The molecule has 154 valence electrons. The van der Waals surface area contributed by atoms with E-state index in [4.69, 9.17) is 39.5 Å². The zero-order chi connectivity index (χ0) is 21.7. The molecule has 1 heterocycles. The molecule has 0 saturated carbocycles. The van der Waals surface area contributed by atoms with Gasteiger partial charge in [0.2, 0.25) is 0 Å². The lowest BCUT2D eigenvalue weighted by molar-refractivity contribution is 0.0526. The summed E-state index contributed by atoms with van der Waals surface area (Å²) in [4.78, 5) is 30.7. The minimum absolute atomic E-state index is 0.0842. The van der Waals surface area contributed by atoms with E-state index in [1.165, 1.54) is 11.1 Å². The van der Waals surface area contributed by atoms with Gasteiger partial charge in [-0.3, -0.25) is 4.79 Å². The number of esters is 1. The second kappa shape index (κ2) is 9.94. The van der Waals surface area contributed by atoms with Gasteiger partial charge in [-0.1, -0.05) is 40.9 Å². The number of amides is 1. The van der Waals surface area contributed by atoms with Gasteiger partial charge in [0.05, 0.1) is 24.3 Å². The van der Waals surface area contributed by atoms with Crippen LogP contribution < -0.4 is 4.90 Å². The van der Waals surface area contributed by atoms with E-state index in [-0.39, 0.29) is 29.8 Å². The molecule has 0 aliphatic rings. The highest BCUT2D eigenvalue weighted by atomic mass is 35.5. The average Bonchev–Trinajstić information content (AvgIpc) is 2.74. The highest BCUT2D eigenvalue weighted by Crippen LogP contribution is 2.30. The first-order chi connectivity index (χ1) is 14.4. The molecule has 0 spiro atoms. The maximum Gasteiger partial charge on any atom is 0.338 e. The molecule has 0 aliphatic heterocycles. The summed E-state index contributed by atoms with van der Waals surface area (Å²) in [6, 6.07) is 14.8. The zero-order valence-electron chi connectivity index (χ0n) is 15.9. The second-order valence-corrected chi connectivity index (χ2v) is 7.37. The Morgan fingerprint density at radius 3 is 2.23 bits per heavy atom. The molecule has 3 aromatic rings. The lowest BCUT2D eigenvalue weighted by Gasteiger charge is -2.24. The van der Waals surface area contributed by atoms with Crippen LogP contribution in [0.4, 0.5) is 5.69 Å². The zero-order valence-corrected chi connectivity index (χ0v) is 18.2. The third-order valence-electron chi connectivity index (χ3n) is 4.30. The summed E-state index contributed by atoms with van der Waals surface area (Å²) in [5, 5.41) is 0.947. The molecule has 0 saturated heterocycles. The van der Waals surface area contributed by atoms with Crippen molar-refractivity contribution in [2.45, 2.75) is 13.5 Å². The number of benzene rings is 2. The van der Waals surface area contributed by atoms with Gasteiger partial charge in [0.15, 0.2) is 0 Å². The number of pyridine rings is 1. The highest BCUT2D eigenvalue weighted by Gasteiger charge is 2.23. The summed E-state index contributed by atoms with van der Waals surface area (Å²) in [7, 11) is 0. The molecule has 0 aliphatic carbocycles. The molecule has 0 bridgehead atoms. The van der Waals surface area contributed by atoms with Crippen LogP contribution in [-0.4, -0.2) is 23.5 Å². The fourth-order valence-electron chi connectivity index (χ4n) is 2.80. The number of carbonyl (C=O) groups is 2. The van der Waals surface area contributed by atoms with Crippen molar-refractivity contribution in [2.75, 3.05) is 11.5 Å². The fourth-order valence-corrected chi connectivity index (χ4v) is 3.52. The SMILES string of the molecule is CCOC(=O)c1ccc(N(Cc2c(Cl)cccc2Cl)C(=O)c2cccnc2Cl)cc1. The number of halogens is 3. The van der Waals surface area contributed by atoms with Crippen LogP contribution in [0, 0.1) is 0 Å². The van der Waals surface area contributed by atoms with Gasteiger partial charge >= 0.3 is 5.97 Å². The number of nitrogens with zero attached hydrogens (tertiary/aromatic N) is 2. The topological polar surface area (TPSA) is 59.5 Å². The number of hydrogen-bond donors (Lipinski definition) is 0. The molecule has 0 radical (unpaired) electrons. The lowest BCUT2D eigenvalue weighted by atomic mass is 10.1. The van der Waals surface area contributed by atoms with E-state index in [0.717, 1.165) is 0 Å². The van der Waals surface area contributed by atoms with Crippen LogP contribution in [0.1, 0.15) is 33.2 Å². The quantitative estimate of drug-likeness (QED) is 0.329. The summed E-state index contributed by atoms with van der Waals surface area (Å²) >= 11 is 18.8. The smallest absolute Gasteiger partial charge is 0.338 e. The third-order valence-corrected chi connectivity index (χ3v) is 5.31. The maximum absolute atomic E-state index is 13.3. The first kappa shape index (κ1) is 22.1. The molecule has 0 unspecified atom stereocenters. The molecular weight excluding hydrogens is 447 g/mol. The molecule has 2 aromatic carbocycles. The van der Waals surface area contributed by atoms with Crippen LogP contribution in [0.2, 0.25) is 15.2 Å². The van der Waals surface area contributed by atoms with Crippen molar-refractivity contribution < 1.29 is 14.3 Å². The van der Waals surface area contributed by atoms with Crippen LogP contribution in [0.15, 0.2) is 60.8 Å². The molecule has 3 rings (SSSR count). The van der Waals surface area contributed by atoms with Crippen LogP contribution in [-0.2, 0) is 11.3 Å². The van der Waals surface area contributed by atoms with Crippen molar-refractivity contribution in [1.82, 2.24) is 4.98 Å². The standard InChI is InChI=1S/C22H17Cl3N2O3/c1-2-30-22(29)14-8-10-15(11-9-14)27(13-17-18(23)6-3-7-19(17)24)21(28)16-5-4-12-26-20(16)25/h3-12H,2,13H2,1H3. The predicted octanol–water partition coefficient (Wildman–Crippen LogP) is 6.07. The van der Waals surface area contributed by atoms with Crippen molar-refractivity contribution in [2.24, 2.45) is 0 Å². The molecule has 30 heavy (non-hydrogen) atoms. The lowest BCUT2D eigenvalue weighted by Crippen LogP contribution is -2.31. The normalized spacial score (nSPS) is 10.5. The van der Waals surface area contributed by atoms with Crippen molar-refractivity contribution >= 4 is 52.4 Å². The van der Waals surface area contributed by atoms with Gasteiger partial charge in [0, 0.05) is 27.5 Å². The molecule has 1 aromatic heterocycles. The molecule has 0 N–H and O–H groups in total. The predicted molar refractivity (Wildman–Crippen MR) is 119 cm³/mol. The number of aromatic nitrogens is 1. The fraction of sp³-hybridized carbons (Fsp3) is 0.136. The maximum atomic E-state index is 13.3. The molecular formula is C22H17Cl3N2O3. The third kappa shape index (κ3) is 4.93. The van der Waals surface area contributed by atoms with E-state index >= 15 is 0 Å². The van der Waals surface area contributed by atoms with Crippen LogP contribution >= 0.6 is 34.8 Å². The van der Waals surface area contributed by atoms with Crippen molar-refractivity contribution in [3.63, 3.8) is 0 Å². The Hall–Kier alpha value is -2.60. The molecule has 5 nitrogen and oxygen atoms in total. The number of carbonyl (C=O) groups excluding carboxylic acids is 2. The molecule has 0 fully saturated rings. The first-order valence-corrected chi connectivity index (χ1v) is 10.2. The number of rotatable bonds is 6. The van der Waals surface area contributed by atoms with E-state index in [1.54, 1.807) is 61.5 Å². The molecule has 0 atom stereocenters. The van der Waals surface area contributed by atoms with E-state index in [2.05, 4.69) is 4.98 Å². The van der Waals surface area contributed by atoms with Gasteiger partial charge in [-0.05, 0) is 55.5 Å². The summed E-state index contributed by atoms with van der Waals surface area (Å²) in [5.41, 5.74) is 1.73.